The fraction of sp³-hybridized carbons (Fsp3) is 0.312. The minimum atomic E-state index is -1.20. The second-order valence-corrected chi connectivity index (χ2v) is 12.9. The third-order valence-electron chi connectivity index (χ3n) is 8.54. The maximum absolute atomic E-state index is 13.8. The standard InChI is InChI=1S/C32H25Cl4NO5/c33-18-13-14-19(24(34)16-18)25(38)17-42-26(39)12-2-1-7-15-37-29(40)27-28(30(37)41)32(36)21-9-4-3-8-20(21)31(27,35)22-10-5-6-11-23(22)32/h3-6,8-11,13-14,16,27-28H,1-2,7,12,15,17H2/t27-,28-,31?,32?/m0/s1. The summed E-state index contributed by atoms with van der Waals surface area (Å²) in [6.07, 6.45) is 1.62. The van der Waals surface area contributed by atoms with Crippen LogP contribution < -0.4 is 0 Å². The normalized spacial score (nSPS) is 25.2. The Kier molecular flexibility index (Phi) is 7.63. The molecule has 3 aromatic carbocycles. The molecule has 1 saturated heterocycles. The molecule has 7 rings (SSSR count). The second-order valence-electron chi connectivity index (χ2n) is 10.8. The average Bonchev–Trinajstić information content (AvgIpc) is 3.24. The zero-order valence-corrected chi connectivity index (χ0v) is 25.3. The first-order valence-corrected chi connectivity index (χ1v) is 15.2. The highest BCUT2D eigenvalue weighted by Gasteiger charge is 2.72. The van der Waals surface area contributed by atoms with Crippen molar-refractivity contribution in [3.05, 3.63) is 105 Å². The molecule has 2 atom stereocenters. The topological polar surface area (TPSA) is 80.8 Å². The van der Waals surface area contributed by atoms with Crippen LogP contribution in [0.4, 0.5) is 0 Å². The van der Waals surface area contributed by atoms with Gasteiger partial charge in [-0.25, -0.2) is 0 Å². The van der Waals surface area contributed by atoms with Crippen LogP contribution in [0.2, 0.25) is 10.0 Å². The molecule has 3 aliphatic carbocycles. The maximum Gasteiger partial charge on any atom is 0.306 e. The van der Waals surface area contributed by atoms with Gasteiger partial charge in [0, 0.05) is 23.6 Å². The number of carbonyl (C=O) groups excluding carboxylic acids is 4. The number of hydrogen-bond acceptors (Lipinski definition) is 5. The third kappa shape index (κ3) is 4.38. The predicted octanol–water partition coefficient (Wildman–Crippen LogP) is 6.87. The monoisotopic (exact) mass is 643 g/mol. The molecule has 1 aliphatic heterocycles. The van der Waals surface area contributed by atoms with Gasteiger partial charge >= 0.3 is 5.97 Å². The van der Waals surface area contributed by atoms with Crippen molar-refractivity contribution in [1.29, 1.82) is 0 Å². The molecule has 0 aromatic heterocycles. The number of alkyl halides is 2. The minimum absolute atomic E-state index is 0.0922. The number of ketones is 1. The van der Waals surface area contributed by atoms with Crippen LogP contribution in [0.25, 0.3) is 0 Å². The van der Waals surface area contributed by atoms with Crippen LogP contribution in [0.5, 0.6) is 0 Å². The average molecular weight is 645 g/mol. The summed E-state index contributed by atoms with van der Waals surface area (Å²) in [6, 6.07) is 19.5. The highest BCUT2D eigenvalue weighted by Crippen LogP contribution is 2.69. The molecule has 0 unspecified atom stereocenters. The predicted molar refractivity (Wildman–Crippen MR) is 160 cm³/mol. The van der Waals surface area contributed by atoms with Gasteiger partial charge in [-0.05, 0) is 53.3 Å². The summed E-state index contributed by atoms with van der Waals surface area (Å²) >= 11 is 26.7. The van der Waals surface area contributed by atoms with Crippen LogP contribution >= 0.6 is 46.4 Å². The van der Waals surface area contributed by atoms with Crippen molar-refractivity contribution in [3.8, 4) is 0 Å². The van der Waals surface area contributed by atoms with Crippen LogP contribution in [-0.2, 0) is 28.9 Å². The summed E-state index contributed by atoms with van der Waals surface area (Å²) in [6.45, 7) is -0.231. The van der Waals surface area contributed by atoms with Gasteiger partial charge in [0.2, 0.25) is 17.6 Å². The molecule has 216 valence electrons. The van der Waals surface area contributed by atoms with E-state index in [1.807, 2.05) is 48.5 Å². The summed E-state index contributed by atoms with van der Waals surface area (Å²) in [4.78, 5) is 51.1. The van der Waals surface area contributed by atoms with Crippen LogP contribution in [-0.4, -0.2) is 41.6 Å². The Hall–Kier alpha value is -2.90. The van der Waals surface area contributed by atoms with Gasteiger partial charge in [-0.2, -0.15) is 0 Å². The number of esters is 1. The minimum Gasteiger partial charge on any atom is -0.457 e. The maximum atomic E-state index is 13.8. The number of halogens is 4. The van der Waals surface area contributed by atoms with E-state index in [-0.39, 0.29) is 35.4 Å². The molecule has 1 heterocycles. The lowest BCUT2D eigenvalue weighted by atomic mass is 9.54. The van der Waals surface area contributed by atoms with Crippen molar-refractivity contribution in [1.82, 2.24) is 4.90 Å². The van der Waals surface area contributed by atoms with Gasteiger partial charge in [-0.15, -0.1) is 23.2 Å². The number of likely N-dealkylation sites (tertiary alicyclic amines) is 1. The van der Waals surface area contributed by atoms with E-state index in [1.54, 1.807) is 0 Å². The van der Waals surface area contributed by atoms with Crippen LogP contribution in [0.3, 0.4) is 0 Å². The Labute approximate surface area is 262 Å². The lowest BCUT2D eigenvalue weighted by molar-refractivity contribution is -0.143. The molecule has 10 heteroatoms. The fourth-order valence-electron chi connectivity index (χ4n) is 6.67. The number of hydrogen-bond donors (Lipinski definition) is 0. The molecule has 0 radical (unpaired) electrons. The molecule has 2 amide bonds. The summed E-state index contributed by atoms with van der Waals surface area (Å²) in [5.74, 6) is -3.25. The van der Waals surface area contributed by atoms with Crippen LogP contribution in [0, 0.1) is 11.8 Å². The number of Topliss-reactive ketones (excluding diaryl/α,β-unsaturated/α-hetero) is 1. The zero-order valence-electron chi connectivity index (χ0n) is 22.2. The van der Waals surface area contributed by atoms with Crippen molar-refractivity contribution >= 4 is 70.0 Å². The van der Waals surface area contributed by atoms with Gasteiger partial charge in [0.05, 0.1) is 16.9 Å². The summed E-state index contributed by atoms with van der Waals surface area (Å²) in [5.41, 5.74) is 3.28. The van der Waals surface area contributed by atoms with Gasteiger partial charge in [0.25, 0.3) is 0 Å². The Balaban J connectivity index is 1.08. The second kappa shape index (κ2) is 11.0. The van der Waals surface area contributed by atoms with Gasteiger partial charge in [-0.1, -0.05) is 78.2 Å². The SMILES string of the molecule is O=C(CCCCCN1C(=O)[C@@H]2[C@@H](C1=O)C1(Cl)c3ccccc3C2(Cl)c2ccccc21)OCC(=O)c1ccc(Cl)cc1Cl. The first kappa shape index (κ1) is 29.2. The fourth-order valence-corrected chi connectivity index (χ4v) is 8.28. The highest BCUT2D eigenvalue weighted by atomic mass is 35.5. The number of amides is 2. The first-order valence-electron chi connectivity index (χ1n) is 13.7. The van der Waals surface area contributed by atoms with Crippen molar-refractivity contribution in [2.24, 2.45) is 11.8 Å². The molecule has 4 aliphatic rings. The number of imide groups is 1. The summed E-state index contributed by atoms with van der Waals surface area (Å²) in [7, 11) is 0. The number of benzene rings is 3. The van der Waals surface area contributed by atoms with Gasteiger partial charge in [0.15, 0.2) is 6.61 Å². The number of rotatable bonds is 9. The molecule has 42 heavy (non-hydrogen) atoms. The Bertz CT molecular complexity index is 1520. The van der Waals surface area contributed by atoms with E-state index in [1.165, 1.54) is 23.1 Å². The van der Waals surface area contributed by atoms with E-state index in [2.05, 4.69) is 0 Å². The Morgan fingerprint density at radius 1 is 0.762 bits per heavy atom. The molecule has 0 saturated carbocycles. The number of carbonyl (C=O) groups is 4. The largest absolute Gasteiger partial charge is 0.457 e. The van der Waals surface area contributed by atoms with E-state index < -0.39 is 39.9 Å². The van der Waals surface area contributed by atoms with E-state index in [0.717, 1.165) is 22.3 Å². The highest BCUT2D eigenvalue weighted by molar-refractivity contribution is 6.37. The van der Waals surface area contributed by atoms with Crippen molar-refractivity contribution in [3.63, 3.8) is 0 Å². The molecule has 0 spiro atoms. The van der Waals surface area contributed by atoms with Gasteiger partial charge in [-0.3, -0.25) is 24.1 Å². The van der Waals surface area contributed by atoms with Crippen molar-refractivity contribution < 1.29 is 23.9 Å². The number of nitrogens with zero attached hydrogens (tertiary/aromatic N) is 1. The summed E-state index contributed by atoms with van der Waals surface area (Å²) in [5, 5.41) is 0.590. The lowest BCUT2D eigenvalue weighted by Gasteiger charge is -2.54. The molecule has 1 fully saturated rings. The zero-order chi connectivity index (χ0) is 29.8. The van der Waals surface area contributed by atoms with Crippen molar-refractivity contribution in [2.75, 3.05) is 13.2 Å². The molecule has 6 nitrogen and oxygen atoms in total. The summed E-state index contributed by atoms with van der Waals surface area (Å²) < 4.78 is 5.11. The Morgan fingerprint density at radius 3 is 1.79 bits per heavy atom. The van der Waals surface area contributed by atoms with Gasteiger partial charge < -0.3 is 4.74 Å². The van der Waals surface area contributed by atoms with E-state index >= 15 is 0 Å². The van der Waals surface area contributed by atoms with Crippen molar-refractivity contribution in [2.45, 2.75) is 35.4 Å². The van der Waals surface area contributed by atoms with Crippen LogP contribution in [0.15, 0.2) is 66.7 Å². The number of ether oxygens (including phenoxy) is 1. The molecule has 3 aromatic rings. The smallest absolute Gasteiger partial charge is 0.306 e. The van der Waals surface area contributed by atoms with Crippen LogP contribution in [0.1, 0.15) is 58.3 Å². The molecule has 0 N–H and O–H groups in total. The third-order valence-corrected chi connectivity index (χ3v) is 10.4. The molecular formula is C32H25Cl4NO5. The quantitative estimate of drug-likeness (QED) is 0.0835. The lowest BCUT2D eigenvalue weighted by Crippen LogP contribution is -2.57. The first-order chi connectivity index (χ1) is 20.1. The van der Waals surface area contributed by atoms with Gasteiger partial charge in [0.1, 0.15) is 9.75 Å². The molecular weight excluding hydrogens is 620 g/mol. The Morgan fingerprint density at radius 2 is 1.29 bits per heavy atom. The van der Waals surface area contributed by atoms with E-state index in [0.29, 0.717) is 24.3 Å². The van der Waals surface area contributed by atoms with E-state index in [4.69, 9.17) is 51.1 Å². The van der Waals surface area contributed by atoms with E-state index in [9.17, 15) is 19.2 Å². The molecule has 2 bridgehead atoms. The number of unbranched alkanes of at least 4 members (excludes halogenated alkanes) is 2.